The highest BCUT2D eigenvalue weighted by Gasteiger charge is 2.37. The first-order chi connectivity index (χ1) is 23.7. The first kappa shape index (κ1) is 33.9. The summed E-state index contributed by atoms with van der Waals surface area (Å²) in [5, 5.41) is 16.7. The molecule has 2 fully saturated rings. The molecule has 0 aliphatic carbocycles. The van der Waals surface area contributed by atoms with E-state index in [1.165, 1.54) is 46.2 Å². The van der Waals surface area contributed by atoms with Crippen LogP contribution in [0.1, 0.15) is 52.5 Å². The van der Waals surface area contributed by atoms with Crippen LogP contribution in [0, 0.1) is 5.82 Å². The van der Waals surface area contributed by atoms with Crippen molar-refractivity contribution >= 4 is 23.6 Å². The molecule has 2 saturated heterocycles. The maximum atomic E-state index is 14.9. The van der Waals surface area contributed by atoms with Crippen LogP contribution in [0.25, 0.3) is 0 Å². The third kappa shape index (κ3) is 8.75. The van der Waals surface area contributed by atoms with Gasteiger partial charge in [0.1, 0.15) is 30.2 Å². The summed E-state index contributed by atoms with van der Waals surface area (Å²) in [4.78, 5) is 59.0. The number of tetrazole rings is 1. The maximum absolute atomic E-state index is 14.9. The number of nitrogens with zero attached hydrogens (tertiary/aromatic N) is 7. The summed E-state index contributed by atoms with van der Waals surface area (Å²) in [6, 6.07) is 7.98. The van der Waals surface area contributed by atoms with Crippen LogP contribution in [0.3, 0.4) is 0 Å². The van der Waals surface area contributed by atoms with Gasteiger partial charge in [0.15, 0.2) is 0 Å². The fourth-order valence-corrected chi connectivity index (χ4v) is 6.36. The number of hydrogen-bond acceptors (Lipinski definition) is 10. The average Bonchev–Trinajstić information content (AvgIpc) is 3.86. The Bertz CT molecular complexity index is 1670. The lowest BCUT2D eigenvalue weighted by Gasteiger charge is -2.25. The molecule has 4 heterocycles. The van der Waals surface area contributed by atoms with Gasteiger partial charge < -0.3 is 34.8 Å². The highest BCUT2D eigenvalue weighted by Crippen LogP contribution is 2.28. The van der Waals surface area contributed by atoms with Crippen molar-refractivity contribution in [2.24, 2.45) is 0 Å². The summed E-state index contributed by atoms with van der Waals surface area (Å²) < 4.78 is 28.4. The minimum Gasteiger partial charge on any atom is -0.457 e. The number of fused-ring (bicyclic) bond motifs is 5. The van der Waals surface area contributed by atoms with Gasteiger partial charge in [0.25, 0.3) is 11.8 Å². The van der Waals surface area contributed by atoms with Crippen LogP contribution >= 0.6 is 0 Å². The highest BCUT2D eigenvalue weighted by atomic mass is 19.1. The molecule has 0 unspecified atom stereocenters. The SMILES string of the molecule is CCCN1CC(=O)N[C@@H]2CN(C(=O)Cn3cnnn3)C[C@H]2OCc2cc(F)cc(c2)Oc2cc(C(=O)NCCN3CCCC3)cc(c2)C1=O. The lowest BCUT2D eigenvalue weighted by molar-refractivity contribution is -0.131. The van der Waals surface area contributed by atoms with Crippen LogP contribution in [0.4, 0.5) is 4.39 Å². The van der Waals surface area contributed by atoms with Crippen molar-refractivity contribution in [3.05, 3.63) is 65.2 Å². The van der Waals surface area contributed by atoms with Crippen molar-refractivity contribution in [2.45, 2.75) is 51.5 Å². The van der Waals surface area contributed by atoms with Crippen molar-refractivity contribution in [2.75, 3.05) is 52.4 Å². The zero-order valence-electron chi connectivity index (χ0n) is 27.3. The van der Waals surface area contributed by atoms with Gasteiger partial charge in [-0.25, -0.2) is 9.07 Å². The molecule has 6 rings (SSSR count). The smallest absolute Gasteiger partial charge is 0.254 e. The summed E-state index contributed by atoms with van der Waals surface area (Å²) in [7, 11) is 0. The van der Waals surface area contributed by atoms with Crippen LogP contribution in [0.2, 0.25) is 0 Å². The molecule has 49 heavy (non-hydrogen) atoms. The number of rotatable bonds is 8. The molecule has 0 spiro atoms. The molecule has 1 aromatic heterocycles. The molecule has 3 aliphatic heterocycles. The van der Waals surface area contributed by atoms with E-state index in [-0.39, 0.29) is 73.8 Å². The van der Waals surface area contributed by atoms with E-state index in [1.54, 1.807) is 11.0 Å². The number of benzene rings is 2. The van der Waals surface area contributed by atoms with E-state index in [1.807, 2.05) is 6.92 Å². The van der Waals surface area contributed by atoms with E-state index in [2.05, 4.69) is 31.1 Å². The molecule has 2 N–H and O–H groups in total. The molecule has 2 atom stereocenters. The van der Waals surface area contributed by atoms with Crippen molar-refractivity contribution in [1.82, 2.24) is 45.5 Å². The monoisotopic (exact) mass is 677 g/mol. The van der Waals surface area contributed by atoms with E-state index in [0.29, 0.717) is 25.1 Å². The van der Waals surface area contributed by atoms with Gasteiger partial charge in [-0.2, -0.15) is 0 Å². The number of hydrogen-bond donors (Lipinski definition) is 2. The summed E-state index contributed by atoms with van der Waals surface area (Å²) in [5.74, 6) is -1.84. The molecule has 16 heteroatoms. The molecule has 260 valence electrons. The second kappa shape index (κ2) is 15.5. The number of ether oxygens (including phenoxy) is 2. The fraction of sp³-hybridized carbons (Fsp3) is 0.485. The third-order valence-electron chi connectivity index (χ3n) is 8.73. The number of carbonyl (C=O) groups is 4. The Labute approximate surface area is 282 Å². The van der Waals surface area contributed by atoms with Crippen LogP contribution in [-0.2, 0) is 27.5 Å². The van der Waals surface area contributed by atoms with Crippen molar-refractivity contribution in [1.29, 1.82) is 0 Å². The molecule has 4 bridgehead atoms. The van der Waals surface area contributed by atoms with Crippen LogP contribution in [0.5, 0.6) is 11.5 Å². The Hall–Kier alpha value is -4.96. The van der Waals surface area contributed by atoms with Crippen LogP contribution in [-0.4, -0.2) is 123 Å². The molecule has 3 aromatic rings. The number of halogens is 1. The fourth-order valence-electron chi connectivity index (χ4n) is 6.36. The minimum atomic E-state index is -0.628. The van der Waals surface area contributed by atoms with E-state index >= 15 is 0 Å². The quantitative estimate of drug-likeness (QED) is 0.354. The zero-order valence-corrected chi connectivity index (χ0v) is 27.3. The molecule has 4 amide bonds. The standard InChI is InChI=1S/C33H40FN9O6/c1-2-6-41-18-30(44)37-28-16-42(31(45)19-43-21-36-38-39-43)17-29(28)48-20-22-10-25(34)15-26(11-22)49-27-13-23(12-24(14-27)33(41)47)32(46)35-5-9-40-7-3-4-8-40/h10-15,21,28-29H,2-9,16-20H2,1H3,(H,35,46)(H,37,44)/t28-,29-/m1/s1. The van der Waals surface area contributed by atoms with E-state index in [0.717, 1.165) is 25.9 Å². The normalized spacial score (nSPS) is 20.1. The largest absolute Gasteiger partial charge is 0.457 e. The van der Waals surface area contributed by atoms with Crippen LogP contribution < -0.4 is 15.4 Å². The number of likely N-dealkylation sites (tertiary alicyclic amines) is 2. The van der Waals surface area contributed by atoms with Crippen molar-refractivity contribution in [3.8, 4) is 11.5 Å². The van der Waals surface area contributed by atoms with Gasteiger partial charge in [-0.1, -0.05) is 6.92 Å². The number of carbonyl (C=O) groups excluding carboxylic acids is 4. The van der Waals surface area contributed by atoms with E-state index in [9.17, 15) is 23.6 Å². The molecule has 0 radical (unpaired) electrons. The van der Waals surface area contributed by atoms with E-state index < -0.39 is 29.8 Å². The van der Waals surface area contributed by atoms with Gasteiger partial charge in [0, 0.05) is 49.9 Å². The van der Waals surface area contributed by atoms with Gasteiger partial charge in [0.05, 0.1) is 25.3 Å². The summed E-state index contributed by atoms with van der Waals surface area (Å²) in [5.41, 5.74) is 0.796. The first-order valence-corrected chi connectivity index (χ1v) is 16.6. The third-order valence-corrected chi connectivity index (χ3v) is 8.73. The predicted molar refractivity (Wildman–Crippen MR) is 172 cm³/mol. The lowest BCUT2D eigenvalue weighted by Crippen LogP contribution is -2.49. The van der Waals surface area contributed by atoms with Gasteiger partial charge in [-0.15, -0.1) is 5.10 Å². The first-order valence-electron chi connectivity index (χ1n) is 16.6. The van der Waals surface area contributed by atoms with Gasteiger partial charge >= 0.3 is 0 Å². The van der Waals surface area contributed by atoms with Gasteiger partial charge in [-0.05, 0) is 78.7 Å². The number of aromatic nitrogens is 4. The second-order valence-corrected chi connectivity index (χ2v) is 12.5. The zero-order chi connectivity index (χ0) is 34.3. The number of nitrogens with one attached hydrogen (secondary N) is 2. The Balaban J connectivity index is 1.27. The Morgan fingerprint density at radius 2 is 1.86 bits per heavy atom. The molecule has 2 aromatic carbocycles. The second-order valence-electron chi connectivity index (χ2n) is 12.5. The maximum Gasteiger partial charge on any atom is 0.254 e. The number of amides is 4. The van der Waals surface area contributed by atoms with Gasteiger partial charge in [0.2, 0.25) is 11.8 Å². The molecule has 15 nitrogen and oxygen atoms in total. The Morgan fingerprint density at radius 1 is 1.04 bits per heavy atom. The highest BCUT2D eigenvalue weighted by molar-refractivity contribution is 6.01. The van der Waals surface area contributed by atoms with Gasteiger partial charge in [-0.3, -0.25) is 19.2 Å². The molecule has 0 saturated carbocycles. The Morgan fingerprint density at radius 3 is 2.63 bits per heavy atom. The lowest BCUT2D eigenvalue weighted by atomic mass is 10.1. The predicted octanol–water partition coefficient (Wildman–Crippen LogP) is 1.21. The summed E-state index contributed by atoms with van der Waals surface area (Å²) in [6.07, 6.45) is 3.55. The van der Waals surface area contributed by atoms with Crippen LogP contribution in [0.15, 0.2) is 42.7 Å². The molecular formula is C33H40FN9O6. The molecule has 3 aliphatic rings. The minimum absolute atomic E-state index is 0.0364. The van der Waals surface area contributed by atoms with E-state index in [4.69, 9.17) is 9.47 Å². The summed E-state index contributed by atoms with van der Waals surface area (Å²) >= 11 is 0. The average molecular weight is 678 g/mol. The summed E-state index contributed by atoms with van der Waals surface area (Å²) in [6.45, 7) is 5.22. The topological polar surface area (TPSA) is 164 Å². The Kier molecular flexibility index (Phi) is 10.7. The van der Waals surface area contributed by atoms with Crippen molar-refractivity contribution in [3.63, 3.8) is 0 Å². The molecular weight excluding hydrogens is 637 g/mol. The van der Waals surface area contributed by atoms with Crippen molar-refractivity contribution < 1.29 is 33.0 Å².